The maximum absolute atomic E-state index is 12.3. The molecule has 0 fully saturated rings. The van der Waals surface area contributed by atoms with E-state index in [1.807, 2.05) is 0 Å². The number of aryl methyl sites for hydroxylation is 1. The van der Waals surface area contributed by atoms with Crippen LogP contribution in [-0.2, 0) is 7.05 Å². The molecule has 0 aliphatic carbocycles. The summed E-state index contributed by atoms with van der Waals surface area (Å²) in [5.74, 6) is -1.90. The predicted molar refractivity (Wildman–Crippen MR) is 27.9 cm³/mol. The van der Waals surface area contributed by atoms with Crippen LogP contribution in [0.25, 0.3) is 0 Å². The van der Waals surface area contributed by atoms with Crippen molar-refractivity contribution < 1.29 is 8.78 Å². The van der Waals surface area contributed by atoms with Crippen molar-refractivity contribution in [2.45, 2.75) is 6.92 Å². The first-order valence-corrected chi connectivity index (χ1v) is 2.47. The Bertz CT molecular complexity index is 207. The second-order valence-corrected chi connectivity index (χ2v) is 1.81. The van der Waals surface area contributed by atoms with E-state index >= 15 is 0 Å². The van der Waals surface area contributed by atoms with E-state index in [1.54, 1.807) is 0 Å². The molecule has 0 bridgehead atoms. The lowest BCUT2D eigenvalue weighted by Crippen LogP contribution is -1.92. The van der Waals surface area contributed by atoms with Crippen molar-refractivity contribution in [1.82, 2.24) is 9.78 Å². The normalized spacial score (nSPS) is 10.2. The van der Waals surface area contributed by atoms with Gasteiger partial charge in [-0.05, 0) is 6.92 Å². The van der Waals surface area contributed by atoms with E-state index in [9.17, 15) is 8.78 Å². The van der Waals surface area contributed by atoms with Crippen molar-refractivity contribution in [1.29, 1.82) is 0 Å². The summed E-state index contributed by atoms with van der Waals surface area (Å²) in [6, 6.07) is 0. The maximum Gasteiger partial charge on any atom is 0.268 e. The number of aromatic nitrogens is 2. The minimum absolute atomic E-state index is 0.215. The fraction of sp³-hybridized carbons (Fsp3) is 0.400. The van der Waals surface area contributed by atoms with Crippen molar-refractivity contribution in [3.05, 3.63) is 17.5 Å². The molecule has 0 N–H and O–H groups in total. The third kappa shape index (κ3) is 0.800. The van der Waals surface area contributed by atoms with E-state index in [-0.39, 0.29) is 5.69 Å². The van der Waals surface area contributed by atoms with Crippen LogP contribution in [0.5, 0.6) is 0 Å². The fourth-order valence-corrected chi connectivity index (χ4v) is 0.542. The van der Waals surface area contributed by atoms with Gasteiger partial charge < -0.3 is 0 Å². The van der Waals surface area contributed by atoms with Crippen molar-refractivity contribution in [3.8, 4) is 0 Å². The zero-order chi connectivity index (χ0) is 7.02. The van der Waals surface area contributed by atoms with E-state index in [4.69, 9.17) is 0 Å². The number of nitrogens with zero attached hydrogens (tertiary/aromatic N) is 2. The molecule has 0 atom stereocenters. The predicted octanol–water partition coefficient (Wildman–Crippen LogP) is 1.01. The Morgan fingerprint density at radius 3 is 2.11 bits per heavy atom. The van der Waals surface area contributed by atoms with Crippen molar-refractivity contribution in [2.75, 3.05) is 0 Å². The summed E-state index contributed by atoms with van der Waals surface area (Å²) in [5.41, 5.74) is 0.215. The van der Waals surface area contributed by atoms with Crippen LogP contribution in [0.15, 0.2) is 0 Å². The van der Waals surface area contributed by atoms with E-state index in [2.05, 4.69) is 5.10 Å². The zero-order valence-corrected chi connectivity index (χ0v) is 5.15. The highest BCUT2D eigenvalue weighted by atomic mass is 19.2. The topological polar surface area (TPSA) is 17.8 Å². The SMILES string of the molecule is Cc1c(F)c(F)nn1C. The molecule has 0 aliphatic heterocycles. The zero-order valence-electron chi connectivity index (χ0n) is 5.15. The first-order chi connectivity index (χ1) is 4.13. The molecule has 2 nitrogen and oxygen atoms in total. The summed E-state index contributed by atoms with van der Waals surface area (Å²) in [4.78, 5) is 0. The van der Waals surface area contributed by atoms with E-state index in [0.717, 1.165) is 4.68 Å². The molecule has 4 heteroatoms. The second-order valence-electron chi connectivity index (χ2n) is 1.81. The van der Waals surface area contributed by atoms with Crippen LogP contribution in [0.2, 0.25) is 0 Å². The molecule has 1 rings (SSSR count). The van der Waals surface area contributed by atoms with Gasteiger partial charge >= 0.3 is 0 Å². The molecule has 0 amide bonds. The monoisotopic (exact) mass is 132 g/mol. The van der Waals surface area contributed by atoms with Gasteiger partial charge in [0.25, 0.3) is 5.95 Å². The van der Waals surface area contributed by atoms with Gasteiger partial charge in [0, 0.05) is 7.05 Å². The molecule has 0 radical (unpaired) electrons. The Kier molecular flexibility index (Phi) is 1.23. The Balaban J connectivity index is 3.29. The van der Waals surface area contributed by atoms with Gasteiger partial charge in [-0.15, -0.1) is 5.10 Å². The van der Waals surface area contributed by atoms with Gasteiger partial charge in [0.05, 0.1) is 5.69 Å². The van der Waals surface area contributed by atoms with Crippen LogP contribution < -0.4 is 0 Å². The molecule has 0 spiro atoms. The summed E-state index contributed by atoms with van der Waals surface area (Å²) < 4.78 is 25.5. The van der Waals surface area contributed by atoms with Gasteiger partial charge in [-0.3, -0.25) is 4.68 Å². The highest BCUT2D eigenvalue weighted by Gasteiger charge is 2.10. The van der Waals surface area contributed by atoms with Gasteiger partial charge in [0.15, 0.2) is 5.82 Å². The van der Waals surface area contributed by atoms with Crippen molar-refractivity contribution >= 4 is 0 Å². The molecule has 1 heterocycles. The van der Waals surface area contributed by atoms with Gasteiger partial charge in [-0.25, -0.2) is 0 Å². The smallest absolute Gasteiger partial charge is 0.267 e. The Morgan fingerprint density at radius 2 is 2.00 bits per heavy atom. The molecule has 9 heavy (non-hydrogen) atoms. The van der Waals surface area contributed by atoms with Crippen LogP contribution in [0.3, 0.4) is 0 Å². The number of halogens is 2. The van der Waals surface area contributed by atoms with Crippen LogP contribution >= 0.6 is 0 Å². The summed E-state index contributed by atoms with van der Waals surface area (Å²) >= 11 is 0. The van der Waals surface area contributed by atoms with Crippen LogP contribution in [-0.4, -0.2) is 9.78 Å². The average Bonchev–Trinajstić information content (AvgIpc) is 1.98. The molecule has 1 aromatic rings. The Labute approximate surface area is 51.1 Å². The molecule has 50 valence electrons. The third-order valence-electron chi connectivity index (χ3n) is 1.22. The summed E-state index contributed by atoms with van der Waals surface area (Å²) in [6.07, 6.45) is 0. The average molecular weight is 132 g/mol. The largest absolute Gasteiger partial charge is 0.268 e. The third-order valence-corrected chi connectivity index (χ3v) is 1.22. The standard InChI is InChI=1S/C5H6F2N2/c1-3-4(6)5(7)8-9(3)2/h1-2H3. The highest BCUT2D eigenvalue weighted by molar-refractivity contribution is 5.01. The number of rotatable bonds is 0. The maximum atomic E-state index is 12.3. The molecule has 1 aromatic heterocycles. The Morgan fingerprint density at radius 1 is 1.44 bits per heavy atom. The van der Waals surface area contributed by atoms with Crippen LogP contribution in [0.1, 0.15) is 5.69 Å². The first-order valence-electron chi connectivity index (χ1n) is 2.47. The minimum Gasteiger partial charge on any atom is -0.267 e. The molecule has 0 unspecified atom stereocenters. The molecular weight excluding hydrogens is 126 g/mol. The van der Waals surface area contributed by atoms with E-state index in [1.165, 1.54) is 14.0 Å². The molecule has 0 aromatic carbocycles. The lowest BCUT2D eigenvalue weighted by atomic mass is 10.5. The van der Waals surface area contributed by atoms with Crippen molar-refractivity contribution in [3.63, 3.8) is 0 Å². The van der Waals surface area contributed by atoms with Crippen LogP contribution in [0.4, 0.5) is 8.78 Å². The lowest BCUT2D eigenvalue weighted by Gasteiger charge is -1.87. The number of hydrogen-bond donors (Lipinski definition) is 0. The van der Waals surface area contributed by atoms with E-state index < -0.39 is 11.8 Å². The minimum atomic E-state index is -1.03. The number of hydrogen-bond acceptors (Lipinski definition) is 1. The van der Waals surface area contributed by atoms with Gasteiger partial charge in [0.2, 0.25) is 0 Å². The first kappa shape index (κ1) is 6.19. The van der Waals surface area contributed by atoms with E-state index in [0.29, 0.717) is 0 Å². The van der Waals surface area contributed by atoms with Gasteiger partial charge in [-0.2, -0.15) is 8.78 Å². The second kappa shape index (κ2) is 1.79. The quantitative estimate of drug-likeness (QED) is 0.515. The summed E-state index contributed by atoms with van der Waals surface area (Å²) in [7, 11) is 1.49. The Hall–Kier alpha value is -0.930. The van der Waals surface area contributed by atoms with Gasteiger partial charge in [0.1, 0.15) is 0 Å². The summed E-state index contributed by atoms with van der Waals surface area (Å²) in [6.45, 7) is 1.46. The van der Waals surface area contributed by atoms with Gasteiger partial charge in [-0.1, -0.05) is 0 Å². The summed E-state index contributed by atoms with van der Waals surface area (Å²) in [5, 5.41) is 3.19. The molecule has 0 saturated carbocycles. The molecule has 0 saturated heterocycles. The lowest BCUT2D eigenvalue weighted by molar-refractivity contribution is 0.484. The van der Waals surface area contributed by atoms with Crippen LogP contribution in [0, 0.1) is 18.7 Å². The fourth-order valence-electron chi connectivity index (χ4n) is 0.542. The van der Waals surface area contributed by atoms with Crippen molar-refractivity contribution in [2.24, 2.45) is 7.05 Å². The highest BCUT2D eigenvalue weighted by Crippen LogP contribution is 2.06. The molecular formula is C5H6F2N2. The molecule has 0 aliphatic rings.